The van der Waals surface area contributed by atoms with Gasteiger partial charge in [0.05, 0.1) is 154 Å². The molecule has 39 nitrogen and oxygen atoms in total. The monoisotopic (exact) mass is 1910 g/mol. The summed E-state index contributed by atoms with van der Waals surface area (Å²) in [5.74, 6) is 0.335. The Hall–Kier alpha value is -8.98. The van der Waals surface area contributed by atoms with Gasteiger partial charge >= 0.3 is 42.5 Å². The lowest BCUT2D eigenvalue weighted by Gasteiger charge is -2.43. The number of amides is 1. The van der Waals surface area contributed by atoms with Gasteiger partial charge in [0.25, 0.3) is 3.79 Å². The Morgan fingerprint density at radius 1 is 0.435 bits per heavy atom. The molecular formula is C89H132Cl3N9O30. The number of azide groups is 2. The molecular weight excluding hydrogens is 1780 g/mol. The van der Waals surface area contributed by atoms with Crippen LogP contribution in [0.25, 0.3) is 20.9 Å². The van der Waals surface area contributed by atoms with Gasteiger partial charge in [-0.3, -0.25) is 5.41 Å². The Morgan fingerprint density at radius 3 is 1.05 bits per heavy atom. The Bertz CT molecular complexity index is 3790. The molecule has 3 fully saturated rings. The van der Waals surface area contributed by atoms with Crippen molar-refractivity contribution < 1.29 is 143 Å². The van der Waals surface area contributed by atoms with E-state index in [1.165, 1.54) is 0 Å². The molecule has 3 heterocycles. The highest BCUT2D eigenvalue weighted by atomic mass is 35.6. The van der Waals surface area contributed by atoms with E-state index in [1.54, 1.807) is 48.5 Å². The summed E-state index contributed by atoms with van der Waals surface area (Å²) in [5.41, 5.74) is 23.1. The number of ether oxygens (including phenoxy) is 19. The molecule has 0 aliphatic carbocycles. The molecule has 5 N–H and O–H groups in total. The fourth-order valence-corrected chi connectivity index (χ4v) is 12.3. The molecule has 7 rings (SSSR count). The smallest absolute Gasteiger partial charge is 0.408 e. The van der Waals surface area contributed by atoms with Gasteiger partial charge in [-0.05, 0) is 109 Å². The molecule has 6 unspecified atom stereocenters. The number of aliphatic hydroxyl groups excluding tert-OH is 1. The van der Waals surface area contributed by atoms with Crippen LogP contribution in [0.5, 0.6) is 0 Å². The first-order valence-electron chi connectivity index (χ1n) is 42.7. The third-order valence-corrected chi connectivity index (χ3v) is 20.9. The number of esters is 3. The molecule has 3 saturated heterocycles. The van der Waals surface area contributed by atoms with E-state index in [0.29, 0.717) is 180 Å². The first-order valence-corrected chi connectivity index (χ1v) is 43.8. The fourth-order valence-electron chi connectivity index (χ4n) is 12.1. The molecule has 0 saturated carbocycles. The van der Waals surface area contributed by atoms with E-state index in [2.05, 4.69) is 73.8 Å². The number of alkyl carbamates (subject to hydrolysis) is 1. The Morgan fingerprint density at radius 2 is 0.733 bits per heavy atom. The maximum absolute atomic E-state index is 12.2. The predicted octanol–water partition coefficient (Wildman–Crippen LogP) is 12.5. The maximum Gasteiger partial charge on any atom is 0.408 e. The van der Waals surface area contributed by atoms with Crippen molar-refractivity contribution in [2.75, 3.05) is 178 Å². The van der Waals surface area contributed by atoms with Crippen molar-refractivity contribution in [3.05, 3.63) is 164 Å². The van der Waals surface area contributed by atoms with Crippen LogP contribution in [0.15, 0.2) is 132 Å². The molecule has 131 heavy (non-hydrogen) atoms. The van der Waals surface area contributed by atoms with Crippen molar-refractivity contribution >= 4 is 83.2 Å². The number of carbonyl (C=O) groups is 4. The lowest BCUT2D eigenvalue weighted by atomic mass is 9.79. The van der Waals surface area contributed by atoms with Crippen LogP contribution in [-0.4, -0.2) is 278 Å². The quantitative estimate of drug-likeness (QED) is 0.00367. The summed E-state index contributed by atoms with van der Waals surface area (Å²) in [4.78, 5) is 103. The van der Waals surface area contributed by atoms with Crippen molar-refractivity contribution in [3.63, 3.8) is 0 Å². The number of rotatable bonds is 49. The van der Waals surface area contributed by atoms with Gasteiger partial charge in [0.15, 0.2) is 12.6 Å². The SMILES string of the molecule is CC1[C@@H](OC(=N)C(Cl)(Cl)Cl)OC(COC(=O)c2ccccc2)[C@@H](C)[C@@H]1C.CC1[C@@H](OCCOCCOCCN)OC(COC(=O)c2ccccc2)[C@@H](C)[C@@H]1C.CC1[C@@H](OCCOCCOCCN=[N+]=[N-])OC(COC(=O)c2ccccc2)[C@@H](C)[C@@H]1C.CCOCC(COCC)(COCC)NC(=O)OCc1ccccc1.O=C=O.O=C=O.O=C=O.[N-]=[N+]=NCCOCCOCCO. The normalized spacial score (nSPS) is 20.9. The lowest BCUT2D eigenvalue weighted by molar-refractivity contribution is -0.256. The number of halogens is 3. The molecule has 3 aliphatic rings. The Labute approximate surface area is 781 Å². The summed E-state index contributed by atoms with van der Waals surface area (Å²) in [6.07, 6.45) is -2.07. The number of alkyl halides is 3. The number of nitrogens with two attached hydrogens (primary N) is 1. The van der Waals surface area contributed by atoms with Gasteiger partial charge in [-0.2, -0.15) is 28.8 Å². The van der Waals surface area contributed by atoms with Crippen LogP contribution in [0.3, 0.4) is 0 Å². The second-order valence-corrected chi connectivity index (χ2v) is 31.4. The Balaban J connectivity index is 0.00000161. The van der Waals surface area contributed by atoms with Gasteiger partial charge in [-0.1, -0.05) is 192 Å². The molecule has 0 aromatic heterocycles. The topological polar surface area (TPSA) is 526 Å². The highest BCUT2D eigenvalue weighted by Gasteiger charge is 2.45. The minimum Gasteiger partial charge on any atom is -0.459 e. The zero-order valence-corrected chi connectivity index (χ0v) is 79.0. The van der Waals surface area contributed by atoms with Crippen LogP contribution >= 0.6 is 34.8 Å². The standard InChI is InChI=1S/C22H33N3O6.C22H35NO6.C18H22Cl3NO4.C18H29NO5.C6H13N3O3.3CO2/c1-16-17(2)20(15-30-21(26)19-7-5-4-6-8-19)31-22(18(16)3)29-14-13-28-12-11-27-10-9-24-25-23;1-16-17(2)20(15-28-21(24)19-7-5-4-6-8-19)29-22(18(16)3)27-14-13-26-12-11-25-10-9-23;1-10-11(2)14(9-24-15(23)13-7-5-4-6-8-13)25-16(12(10)3)26-17(22)18(19,20)21;1-4-21-13-18(14-22-5-2,15-23-6-3)19-17(20)24-12-16-10-8-7-9-11-16;7-9-8-1-3-11-5-6-12-4-2-10;3*2-1-3/h4-8,16-18,20,22H,9-15H2,1-3H3;4-8,16-18,20,22H,9-15,23H2,1-3H3;4-8,10-12,14,16,22H,9H2,1-3H3;7-11H,4-6,12-15H2,1-3H3,(H,19,20);10H,1-6H2;;;/t2*16-,17-,18?,20?,22-;10-,11-,12?,14?,16+;;;;;/m000...../s1. The molecule has 734 valence electrons. The number of hydrogen-bond donors (Lipinski definition) is 4. The highest BCUT2D eigenvalue weighted by molar-refractivity contribution is 6.76. The number of carbonyl (C=O) groups excluding carboxylic acids is 10. The zero-order chi connectivity index (χ0) is 97.9. The molecule has 0 spiro atoms. The molecule has 0 radical (unpaired) electrons. The van der Waals surface area contributed by atoms with E-state index in [9.17, 15) is 19.2 Å². The molecule has 0 bridgehead atoms. The summed E-state index contributed by atoms with van der Waals surface area (Å²) in [7, 11) is 0. The van der Waals surface area contributed by atoms with Crippen molar-refractivity contribution in [2.24, 2.45) is 69.2 Å². The van der Waals surface area contributed by atoms with E-state index < -0.39 is 33.6 Å². The summed E-state index contributed by atoms with van der Waals surface area (Å²) in [6, 6.07) is 36.2. The van der Waals surface area contributed by atoms with E-state index in [1.807, 2.05) is 107 Å². The van der Waals surface area contributed by atoms with Crippen LogP contribution < -0.4 is 11.1 Å². The summed E-state index contributed by atoms with van der Waals surface area (Å²) < 4.78 is 103. The van der Waals surface area contributed by atoms with Gasteiger partial charge in [-0.25, -0.2) is 19.2 Å². The second kappa shape index (κ2) is 77.5. The van der Waals surface area contributed by atoms with Gasteiger partial charge in [0, 0.05) is 67.0 Å². The molecule has 4 aromatic rings. The van der Waals surface area contributed by atoms with Crippen LogP contribution in [-0.2, 0) is 125 Å². The van der Waals surface area contributed by atoms with Crippen molar-refractivity contribution in [1.82, 2.24) is 5.32 Å². The van der Waals surface area contributed by atoms with Crippen LogP contribution in [0.1, 0.15) is 120 Å². The van der Waals surface area contributed by atoms with Crippen LogP contribution in [0, 0.1) is 58.7 Å². The predicted molar refractivity (Wildman–Crippen MR) is 476 cm³/mol. The van der Waals surface area contributed by atoms with E-state index in [0.717, 1.165) is 5.56 Å². The third-order valence-electron chi connectivity index (χ3n) is 20.4. The number of nitrogens with zero attached hydrogens (tertiary/aromatic N) is 6. The average molecular weight is 1910 g/mol. The van der Waals surface area contributed by atoms with Crippen LogP contribution in [0.4, 0.5) is 4.79 Å². The lowest BCUT2D eigenvalue weighted by Crippen LogP contribution is -2.58. The highest BCUT2D eigenvalue weighted by Crippen LogP contribution is 2.40. The molecule has 4 aromatic carbocycles. The zero-order valence-electron chi connectivity index (χ0n) is 76.7. The number of nitrogens with one attached hydrogen (secondary N) is 2. The largest absolute Gasteiger partial charge is 0.459 e. The van der Waals surface area contributed by atoms with Gasteiger partial charge in [0.2, 0.25) is 12.2 Å². The average Bonchev–Trinajstić information content (AvgIpc) is 0.985. The Kier molecular flexibility index (Phi) is 72.1. The second-order valence-electron chi connectivity index (χ2n) is 29.2. The van der Waals surface area contributed by atoms with Gasteiger partial charge < -0.3 is 106 Å². The maximum atomic E-state index is 12.2. The van der Waals surface area contributed by atoms with Crippen molar-refractivity contribution in [3.8, 4) is 0 Å². The van der Waals surface area contributed by atoms with Crippen molar-refractivity contribution in [2.45, 2.75) is 136 Å². The van der Waals surface area contributed by atoms with E-state index in [4.69, 9.17) is 181 Å². The number of aliphatic hydroxyl groups is 1. The minimum atomic E-state index is -1.95. The third kappa shape index (κ3) is 55.3. The minimum absolute atomic E-state index is 0.0265. The summed E-state index contributed by atoms with van der Waals surface area (Å²) in [6.45, 7) is 35.2. The first-order chi connectivity index (χ1) is 63.0. The first kappa shape index (κ1) is 122. The molecule has 42 heteroatoms. The summed E-state index contributed by atoms with van der Waals surface area (Å²) >= 11 is 17.0. The van der Waals surface area contributed by atoms with Gasteiger partial charge in [0.1, 0.15) is 32.0 Å². The summed E-state index contributed by atoms with van der Waals surface area (Å²) in [5, 5.41) is 25.6. The van der Waals surface area contributed by atoms with Crippen molar-refractivity contribution in [1.29, 1.82) is 5.41 Å². The fraction of sp³-hybridized carbons (Fsp3) is 0.640. The molecule has 15 atom stereocenters. The van der Waals surface area contributed by atoms with Gasteiger partial charge in [-0.15, -0.1) is 0 Å². The molecule has 1 amide bonds. The van der Waals surface area contributed by atoms with E-state index in [-0.39, 0.29) is 136 Å². The number of hydrogen-bond acceptors (Lipinski definition) is 34. The van der Waals surface area contributed by atoms with E-state index >= 15 is 0 Å². The van der Waals surface area contributed by atoms with Crippen LogP contribution in [0.2, 0.25) is 0 Å². The molecule has 3 aliphatic heterocycles. The number of benzene rings is 4.